The van der Waals surface area contributed by atoms with Crippen LogP contribution in [0, 0.1) is 0 Å². The Morgan fingerprint density at radius 3 is 2.35 bits per heavy atom. The number of methoxy groups -OCH3 is 1. The summed E-state index contributed by atoms with van der Waals surface area (Å²) in [6, 6.07) is 21.4. The highest BCUT2D eigenvalue weighted by Crippen LogP contribution is 2.40. The quantitative estimate of drug-likeness (QED) is 0.217. The Bertz CT molecular complexity index is 1260. The number of carbonyl (C=O) groups excluding carboxylic acids is 2. The zero-order valence-corrected chi connectivity index (χ0v) is 24.8. The first-order valence-electron chi connectivity index (χ1n) is 14.2. The van der Waals surface area contributed by atoms with Crippen molar-refractivity contribution in [2.45, 2.75) is 77.7 Å². The van der Waals surface area contributed by atoms with E-state index in [-0.39, 0.29) is 29.6 Å². The largest absolute Gasteiger partial charge is 0.493 e. The number of anilines is 1. The molecule has 0 aliphatic rings. The zero-order valence-electron chi connectivity index (χ0n) is 24.8. The Labute approximate surface area is 239 Å². The van der Waals surface area contributed by atoms with E-state index in [1.165, 1.54) is 0 Å². The number of carbonyl (C=O) groups is 2. The number of rotatable bonds is 13. The number of para-hydroxylation sites is 1. The van der Waals surface area contributed by atoms with Crippen molar-refractivity contribution >= 4 is 17.5 Å². The van der Waals surface area contributed by atoms with Crippen molar-refractivity contribution in [3.8, 4) is 11.5 Å². The minimum absolute atomic E-state index is 0.0624. The Morgan fingerprint density at radius 2 is 1.70 bits per heavy atom. The molecule has 3 rings (SSSR count). The molecule has 2 amide bonds. The maximum atomic E-state index is 13.6. The van der Waals surface area contributed by atoms with Crippen molar-refractivity contribution in [2.75, 3.05) is 19.5 Å². The van der Waals surface area contributed by atoms with Gasteiger partial charge in [-0.05, 0) is 47.1 Å². The summed E-state index contributed by atoms with van der Waals surface area (Å²) in [6.07, 6.45) is 4.32. The van der Waals surface area contributed by atoms with Crippen LogP contribution in [0.5, 0.6) is 11.5 Å². The molecule has 0 fully saturated rings. The van der Waals surface area contributed by atoms with Crippen LogP contribution in [-0.2, 0) is 16.8 Å². The van der Waals surface area contributed by atoms with Crippen LogP contribution in [0.2, 0.25) is 0 Å². The van der Waals surface area contributed by atoms with Crippen LogP contribution >= 0.6 is 0 Å². The van der Waals surface area contributed by atoms with Gasteiger partial charge in [0.15, 0.2) is 11.5 Å². The maximum Gasteiger partial charge on any atom is 0.251 e. The molecule has 1 unspecified atom stereocenters. The standard InChI is InChI=1S/C34H44N2O4/c1-7-8-10-16-25(27-17-13-18-30(39-6)32(27)40-23-24-14-11-9-12-15-24)22-31(37)36-29-21-26(33(38)35-5)19-20-28(29)34(2,3)4/h9,11-15,17-21,25H,7-8,10,16,22-23H2,1-6H3,(H,35,38)(H,36,37). The van der Waals surface area contributed by atoms with E-state index in [0.29, 0.717) is 29.4 Å². The minimum Gasteiger partial charge on any atom is -0.493 e. The predicted octanol–water partition coefficient (Wildman–Crippen LogP) is 7.62. The van der Waals surface area contributed by atoms with Gasteiger partial charge >= 0.3 is 0 Å². The molecule has 0 aromatic heterocycles. The van der Waals surface area contributed by atoms with Gasteiger partial charge in [-0.1, -0.05) is 95.5 Å². The van der Waals surface area contributed by atoms with E-state index in [4.69, 9.17) is 9.47 Å². The van der Waals surface area contributed by atoms with E-state index in [9.17, 15) is 9.59 Å². The van der Waals surface area contributed by atoms with Gasteiger partial charge in [0.1, 0.15) is 6.61 Å². The first-order chi connectivity index (χ1) is 19.2. The van der Waals surface area contributed by atoms with Crippen LogP contribution in [-0.4, -0.2) is 26.0 Å². The molecular formula is C34H44N2O4. The number of hydrogen-bond acceptors (Lipinski definition) is 4. The molecule has 0 aliphatic heterocycles. The second-order valence-electron chi connectivity index (χ2n) is 11.2. The predicted molar refractivity (Wildman–Crippen MR) is 162 cm³/mol. The average molecular weight is 545 g/mol. The molecule has 0 saturated carbocycles. The molecule has 40 heavy (non-hydrogen) atoms. The van der Waals surface area contributed by atoms with Crippen molar-refractivity contribution in [1.82, 2.24) is 5.32 Å². The van der Waals surface area contributed by atoms with Crippen LogP contribution in [0.15, 0.2) is 66.7 Å². The van der Waals surface area contributed by atoms with Gasteiger partial charge in [0, 0.05) is 30.3 Å². The summed E-state index contributed by atoms with van der Waals surface area (Å²) in [4.78, 5) is 26.0. The highest BCUT2D eigenvalue weighted by Gasteiger charge is 2.25. The van der Waals surface area contributed by atoms with Crippen LogP contribution in [0.3, 0.4) is 0 Å². The third-order valence-electron chi connectivity index (χ3n) is 7.07. The Hall–Kier alpha value is -3.80. The molecule has 3 aromatic rings. The van der Waals surface area contributed by atoms with Gasteiger partial charge < -0.3 is 20.1 Å². The van der Waals surface area contributed by atoms with Gasteiger partial charge in [0.05, 0.1) is 7.11 Å². The number of ether oxygens (including phenoxy) is 2. The van der Waals surface area contributed by atoms with E-state index < -0.39 is 0 Å². The fourth-order valence-corrected chi connectivity index (χ4v) is 4.92. The normalized spacial score (nSPS) is 11.9. The van der Waals surface area contributed by atoms with Crippen molar-refractivity contribution in [2.24, 2.45) is 0 Å². The molecule has 0 spiro atoms. The fourth-order valence-electron chi connectivity index (χ4n) is 4.92. The molecule has 3 aromatic carbocycles. The molecule has 0 saturated heterocycles. The molecule has 6 heteroatoms. The van der Waals surface area contributed by atoms with Gasteiger partial charge in [-0.3, -0.25) is 9.59 Å². The summed E-state index contributed by atoms with van der Waals surface area (Å²) < 4.78 is 12.0. The molecule has 2 N–H and O–H groups in total. The lowest BCUT2D eigenvalue weighted by Crippen LogP contribution is -2.23. The lowest BCUT2D eigenvalue weighted by Gasteiger charge is -2.25. The summed E-state index contributed by atoms with van der Waals surface area (Å²) in [6.45, 7) is 8.87. The van der Waals surface area contributed by atoms with Crippen molar-refractivity contribution in [1.29, 1.82) is 0 Å². The third-order valence-corrected chi connectivity index (χ3v) is 7.07. The van der Waals surface area contributed by atoms with Crippen LogP contribution in [0.1, 0.15) is 92.8 Å². The number of nitrogens with one attached hydrogen (secondary N) is 2. The zero-order chi connectivity index (χ0) is 29.1. The lowest BCUT2D eigenvalue weighted by atomic mass is 9.84. The summed E-state index contributed by atoms with van der Waals surface area (Å²) >= 11 is 0. The second kappa shape index (κ2) is 14.5. The first-order valence-corrected chi connectivity index (χ1v) is 14.2. The molecule has 0 aliphatic carbocycles. The summed E-state index contributed by atoms with van der Waals surface area (Å²) in [5.41, 5.74) is 3.97. The lowest BCUT2D eigenvalue weighted by molar-refractivity contribution is -0.116. The fraction of sp³-hybridized carbons (Fsp3) is 0.412. The van der Waals surface area contributed by atoms with Gasteiger partial charge in [-0.25, -0.2) is 0 Å². The monoisotopic (exact) mass is 544 g/mol. The van der Waals surface area contributed by atoms with Gasteiger partial charge in [0.25, 0.3) is 5.91 Å². The van der Waals surface area contributed by atoms with Crippen molar-refractivity contribution < 1.29 is 19.1 Å². The maximum absolute atomic E-state index is 13.6. The summed E-state index contributed by atoms with van der Waals surface area (Å²) in [7, 11) is 3.24. The number of hydrogen-bond donors (Lipinski definition) is 2. The van der Waals surface area contributed by atoms with Crippen molar-refractivity contribution in [3.05, 3.63) is 89.0 Å². The molecule has 0 heterocycles. The topological polar surface area (TPSA) is 76.7 Å². The number of benzene rings is 3. The molecule has 1 atom stereocenters. The van der Waals surface area contributed by atoms with Gasteiger partial charge in [0.2, 0.25) is 5.91 Å². The third kappa shape index (κ3) is 8.35. The van der Waals surface area contributed by atoms with Crippen LogP contribution < -0.4 is 20.1 Å². The second-order valence-corrected chi connectivity index (χ2v) is 11.2. The Kier molecular flexibility index (Phi) is 11.2. The van der Waals surface area contributed by atoms with E-state index >= 15 is 0 Å². The smallest absolute Gasteiger partial charge is 0.251 e. The Morgan fingerprint density at radius 1 is 0.950 bits per heavy atom. The first kappa shape index (κ1) is 30.7. The molecule has 6 nitrogen and oxygen atoms in total. The Balaban J connectivity index is 1.92. The van der Waals surface area contributed by atoms with Gasteiger partial charge in [-0.2, -0.15) is 0 Å². The van der Waals surface area contributed by atoms with E-state index in [2.05, 4.69) is 38.3 Å². The van der Waals surface area contributed by atoms with E-state index in [1.54, 1.807) is 26.3 Å². The summed E-state index contributed by atoms with van der Waals surface area (Å²) in [5, 5.41) is 5.81. The average Bonchev–Trinajstić information content (AvgIpc) is 2.94. The highest BCUT2D eigenvalue weighted by molar-refractivity contribution is 5.98. The van der Waals surface area contributed by atoms with Crippen LogP contribution in [0.25, 0.3) is 0 Å². The van der Waals surface area contributed by atoms with E-state index in [0.717, 1.165) is 42.4 Å². The molecular weight excluding hydrogens is 500 g/mol. The van der Waals surface area contributed by atoms with Gasteiger partial charge in [-0.15, -0.1) is 0 Å². The minimum atomic E-state index is -0.213. The number of amides is 2. The van der Waals surface area contributed by atoms with Crippen LogP contribution in [0.4, 0.5) is 5.69 Å². The van der Waals surface area contributed by atoms with Crippen molar-refractivity contribution in [3.63, 3.8) is 0 Å². The summed E-state index contributed by atoms with van der Waals surface area (Å²) in [5.74, 6) is 0.985. The molecule has 0 radical (unpaired) electrons. The van der Waals surface area contributed by atoms with E-state index in [1.807, 2.05) is 54.6 Å². The number of unbranched alkanes of at least 4 members (excludes halogenated alkanes) is 2. The highest BCUT2D eigenvalue weighted by atomic mass is 16.5. The molecule has 214 valence electrons. The molecule has 0 bridgehead atoms. The SMILES string of the molecule is CCCCCC(CC(=O)Nc1cc(C(=O)NC)ccc1C(C)(C)C)c1cccc(OC)c1OCc1ccccc1.